The van der Waals surface area contributed by atoms with Gasteiger partial charge in [-0.2, -0.15) is 0 Å². The third-order valence-corrected chi connectivity index (χ3v) is 3.27. The molecule has 1 rings (SSSR count). The van der Waals surface area contributed by atoms with Crippen LogP contribution in [0.3, 0.4) is 0 Å². The highest BCUT2D eigenvalue weighted by molar-refractivity contribution is 14.0. The van der Waals surface area contributed by atoms with Gasteiger partial charge in [0.1, 0.15) is 12.3 Å². The second kappa shape index (κ2) is 14.3. The lowest BCUT2D eigenvalue weighted by molar-refractivity contribution is -0.119. The van der Waals surface area contributed by atoms with Crippen molar-refractivity contribution in [2.75, 3.05) is 13.1 Å². The average Bonchev–Trinajstić information content (AvgIpc) is 3.03. The van der Waals surface area contributed by atoms with Crippen LogP contribution in [0.2, 0.25) is 0 Å². The summed E-state index contributed by atoms with van der Waals surface area (Å²) in [6.07, 6.45) is 8.99. The molecule has 7 heteroatoms. The predicted molar refractivity (Wildman–Crippen MR) is 104 cm³/mol. The van der Waals surface area contributed by atoms with Gasteiger partial charge in [-0.05, 0) is 18.6 Å². The topological polar surface area (TPSA) is 92.6 Å². The molecule has 0 aromatic carbocycles. The fourth-order valence-electron chi connectivity index (χ4n) is 1.99. The summed E-state index contributed by atoms with van der Waals surface area (Å²) in [5.41, 5.74) is 5.72. The second-order valence-corrected chi connectivity index (χ2v) is 5.25. The summed E-state index contributed by atoms with van der Waals surface area (Å²) < 4.78 is 5.12. The molecule has 23 heavy (non-hydrogen) atoms. The number of hydrogen-bond donors (Lipinski definition) is 3. The van der Waals surface area contributed by atoms with E-state index in [4.69, 9.17) is 10.2 Å². The van der Waals surface area contributed by atoms with Crippen LogP contribution in [0.4, 0.5) is 0 Å². The fraction of sp³-hybridized carbons (Fsp3) is 0.625. The number of furan rings is 1. The predicted octanol–water partition coefficient (Wildman–Crippen LogP) is 2.78. The highest BCUT2D eigenvalue weighted by atomic mass is 127. The molecule has 0 aliphatic carbocycles. The lowest BCUT2D eigenvalue weighted by Crippen LogP contribution is -2.34. The first-order chi connectivity index (χ1) is 10.7. The quantitative estimate of drug-likeness (QED) is 0.215. The van der Waals surface area contributed by atoms with Gasteiger partial charge in [-0.1, -0.05) is 39.0 Å². The number of amides is 1. The molecule has 1 amide bonds. The van der Waals surface area contributed by atoms with Crippen LogP contribution in [0, 0.1) is 0 Å². The minimum absolute atomic E-state index is 0. The summed E-state index contributed by atoms with van der Waals surface area (Å²) >= 11 is 0. The molecule has 0 fully saturated rings. The number of nitrogens with two attached hydrogens (primary N) is 1. The zero-order chi connectivity index (χ0) is 16.0. The molecule has 0 aliphatic heterocycles. The first kappa shape index (κ1) is 21.8. The Bertz CT molecular complexity index is 435. The number of carbonyl (C=O) groups is 1. The standard InChI is InChI=1S/C16H28N4O2.HI/c1-2-3-4-5-6-7-10-18-16(17)20-13-15(21)19-12-14-9-8-11-22-14;/h8-9,11H,2-7,10,12-13H2,1H3,(H,19,21)(H3,17,18,20);1H. The first-order valence-corrected chi connectivity index (χ1v) is 8.05. The zero-order valence-corrected chi connectivity index (χ0v) is 16.2. The normalized spacial score (nSPS) is 10.9. The van der Waals surface area contributed by atoms with Crippen LogP contribution in [0.1, 0.15) is 51.2 Å². The van der Waals surface area contributed by atoms with E-state index in [1.54, 1.807) is 18.4 Å². The number of nitrogens with one attached hydrogen (secondary N) is 2. The van der Waals surface area contributed by atoms with E-state index in [2.05, 4.69) is 22.5 Å². The Balaban J connectivity index is 0.00000484. The fourth-order valence-corrected chi connectivity index (χ4v) is 1.99. The number of hydrogen-bond acceptors (Lipinski definition) is 3. The Morgan fingerprint density at radius 2 is 1.96 bits per heavy atom. The van der Waals surface area contributed by atoms with Gasteiger partial charge in [0.05, 0.1) is 12.8 Å². The lowest BCUT2D eigenvalue weighted by Gasteiger charge is -2.06. The molecule has 132 valence electrons. The molecule has 0 saturated carbocycles. The Morgan fingerprint density at radius 3 is 2.65 bits per heavy atom. The van der Waals surface area contributed by atoms with Crippen molar-refractivity contribution in [1.82, 2.24) is 10.6 Å². The van der Waals surface area contributed by atoms with Crippen LogP contribution < -0.4 is 16.4 Å². The van der Waals surface area contributed by atoms with Gasteiger partial charge in [-0.25, -0.2) is 4.99 Å². The van der Waals surface area contributed by atoms with Crippen molar-refractivity contribution >= 4 is 35.8 Å². The van der Waals surface area contributed by atoms with Crippen LogP contribution >= 0.6 is 24.0 Å². The van der Waals surface area contributed by atoms with E-state index in [-0.39, 0.29) is 36.4 Å². The third-order valence-electron chi connectivity index (χ3n) is 3.27. The van der Waals surface area contributed by atoms with Gasteiger partial charge in [-0.15, -0.1) is 24.0 Å². The van der Waals surface area contributed by atoms with E-state index < -0.39 is 0 Å². The molecule has 0 aliphatic rings. The molecule has 0 bridgehead atoms. The molecule has 1 aromatic heterocycles. The van der Waals surface area contributed by atoms with Crippen molar-refractivity contribution in [3.8, 4) is 0 Å². The van der Waals surface area contributed by atoms with Crippen molar-refractivity contribution in [3.05, 3.63) is 24.2 Å². The Hall–Kier alpha value is -1.25. The first-order valence-electron chi connectivity index (χ1n) is 8.05. The number of rotatable bonds is 11. The summed E-state index contributed by atoms with van der Waals surface area (Å²) in [7, 11) is 0. The maximum atomic E-state index is 11.6. The van der Waals surface area contributed by atoms with Crippen molar-refractivity contribution < 1.29 is 9.21 Å². The summed E-state index contributed by atoms with van der Waals surface area (Å²) in [6, 6.07) is 3.59. The number of aliphatic imine (C=N–C) groups is 1. The Labute approximate surface area is 155 Å². The van der Waals surface area contributed by atoms with E-state index >= 15 is 0 Å². The highest BCUT2D eigenvalue weighted by Gasteiger charge is 2.02. The SMILES string of the molecule is CCCCCCCCNC(N)=NCC(=O)NCc1ccco1.I. The third kappa shape index (κ3) is 11.9. The van der Waals surface area contributed by atoms with Crippen LogP contribution in [0.5, 0.6) is 0 Å². The summed E-state index contributed by atoms with van der Waals surface area (Å²) in [6.45, 7) is 3.40. The van der Waals surface area contributed by atoms with Crippen molar-refractivity contribution in [2.24, 2.45) is 10.7 Å². The number of guanidine groups is 1. The minimum atomic E-state index is -0.180. The number of unbranched alkanes of at least 4 members (excludes halogenated alkanes) is 5. The van der Waals surface area contributed by atoms with Gasteiger partial charge < -0.3 is 20.8 Å². The number of nitrogens with zero attached hydrogens (tertiary/aromatic N) is 1. The summed E-state index contributed by atoms with van der Waals surface area (Å²) in [5.74, 6) is 0.855. The van der Waals surface area contributed by atoms with E-state index in [9.17, 15) is 4.79 Å². The van der Waals surface area contributed by atoms with Gasteiger partial charge in [0.15, 0.2) is 5.96 Å². The Kier molecular flexibility index (Phi) is 13.6. The summed E-state index contributed by atoms with van der Waals surface area (Å²) in [5, 5.41) is 5.74. The monoisotopic (exact) mass is 436 g/mol. The molecule has 4 N–H and O–H groups in total. The van der Waals surface area contributed by atoms with E-state index in [0.717, 1.165) is 13.0 Å². The van der Waals surface area contributed by atoms with Gasteiger partial charge >= 0.3 is 0 Å². The molecule has 0 radical (unpaired) electrons. The molecule has 6 nitrogen and oxygen atoms in total. The maximum Gasteiger partial charge on any atom is 0.242 e. The molecular weight excluding hydrogens is 407 g/mol. The second-order valence-electron chi connectivity index (χ2n) is 5.25. The van der Waals surface area contributed by atoms with Crippen molar-refractivity contribution in [3.63, 3.8) is 0 Å². The molecule has 0 spiro atoms. The van der Waals surface area contributed by atoms with Gasteiger partial charge in [0, 0.05) is 6.54 Å². The van der Waals surface area contributed by atoms with Crippen molar-refractivity contribution in [1.29, 1.82) is 0 Å². The molecule has 1 aromatic rings. The zero-order valence-electron chi connectivity index (χ0n) is 13.8. The smallest absolute Gasteiger partial charge is 0.242 e. The largest absolute Gasteiger partial charge is 0.467 e. The molecular formula is C16H29IN4O2. The molecule has 1 heterocycles. The number of halogens is 1. The molecule has 0 saturated heterocycles. The molecule has 0 unspecified atom stereocenters. The van der Waals surface area contributed by atoms with Crippen LogP contribution in [0.15, 0.2) is 27.8 Å². The minimum Gasteiger partial charge on any atom is -0.467 e. The van der Waals surface area contributed by atoms with E-state index in [1.807, 2.05) is 0 Å². The van der Waals surface area contributed by atoms with Crippen LogP contribution in [-0.4, -0.2) is 25.0 Å². The molecule has 0 atom stereocenters. The Morgan fingerprint density at radius 1 is 1.22 bits per heavy atom. The highest BCUT2D eigenvalue weighted by Crippen LogP contribution is 2.03. The van der Waals surface area contributed by atoms with E-state index in [0.29, 0.717) is 18.3 Å². The van der Waals surface area contributed by atoms with E-state index in [1.165, 1.54) is 32.1 Å². The lowest BCUT2D eigenvalue weighted by atomic mass is 10.1. The van der Waals surface area contributed by atoms with Crippen molar-refractivity contribution in [2.45, 2.75) is 52.0 Å². The van der Waals surface area contributed by atoms with Gasteiger partial charge in [-0.3, -0.25) is 4.79 Å². The van der Waals surface area contributed by atoms with Gasteiger partial charge in [0.2, 0.25) is 5.91 Å². The van der Waals surface area contributed by atoms with Gasteiger partial charge in [0.25, 0.3) is 0 Å². The maximum absolute atomic E-state index is 11.6. The van der Waals surface area contributed by atoms with Crippen LogP contribution in [-0.2, 0) is 11.3 Å². The van der Waals surface area contributed by atoms with Crippen LogP contribution in [0.25, 0.3) is 0 Å². The average molecular weight is 436 g/mol. The summed E-state index contributed by atoms with van der Waals surface area (Å²) in [4.78, 5) is 15.6. The number of carbonyl (C=O) groups excluding carboxylic acids is 1.